The number of benzene rings is 1. The molecule has 0 spiro atoms. The van der Waals surface area contributed by atoms with Gasteiger partial charge in [0, 0.05) is 30.7 Å². The normalized spacial score (nSPS) is 17.9. The van der Waals surface area contributed by atoms with Crippen molar-refractivity contribution in [3.63, 3.8) is 0 Å². The molecule has 110 valence electrons. The number of hydrogen-bond donors (Lipinski definition) is 1. The quantitative estimate of drug-likeness (QED) is 0.941. The van der Waals surface area contributed by atoms with Crippen LogP contribution in [-0.4, -0.2) is 23.2 Å². The van der Waals surface area contributed by atoms with E-state index in [-0.39, 0.29) is 18.0 Å². The van der Waals surface area contributed by atoms with Gasteiger partial charge in [0.2, 0.25) is 0 Å². The van der Waals surface area contributed by atoms with Crippen LogP contribution < -0.4 is 5.32 Å². The average molecular weight is 291 g/mol. The third kappa shape index (κ3) is 3.33. The maximum absolute atomic E-state index is 13.5. The van der Waals surface area contributed by atoms with E-state index in [4.69, 9.17) is 4.74 Å². The first kappa shape index (κ1) is 13.9. The summed E-state index contributed by atoms with van der Waals surface area (Å²) in [5.74, 6) is -0.0305. The van der Waals surface area contributed by atoms with Crippen LogP contribution in [0.15, 0.2) is 30.6 Å². The van der Waals surface area contributed by atoms with Crippen LogP contribution in [-0.2, 0) is 11.3 Å². The number of rotatable bonds is 4. The highest BCUT2D eigenvalue weighted by molar-refractivity contribution is 5.37. The maximum atomic E-state index is 13.5. The van der Waals surface area contributed by atoms with E-state index in [1.165, 1.54) is 12.4 Å². The summed E-state index contributed by atoms with van der Waals surface area (Å²) in [6.07, 6.45) is 2.41. The second-order valence-electron chi connectivity index (χ2n) is 4.98. The number of halogens is 2. The average Bonchev–Trinajstić information content (AvgIpc) is 3.03. The van der Waals surface area contributed by atoms with E-state index in [1.807, 2.05) is 6.07 Å². The van der Waals surface area contributed by atoms with Gasteiger partial charge in [0.15, 0.2) is 0 Å². The second kappa shape index (κ2) is 6.13. The highest BCUT2D eigenvalue weighted by atomic mass is 19.1. The predicted octanol–water partition coefficient (Wildman–Crippen LogP) is 2.87. The van der Waals surface area contributed by atoms with Crippen LogP contribution in [0.2, 0.25) is 0 Å². The summed E-state index contributed by atoms with van der Waals surface area (Å²) >= 11 is 0. The number of ether oxygens (including phenoxy) is 1. The van der Waals surface area contributed by atoms with Crippen LogP contribution in [0.5, 0.6) is 0 Å². The van der Waals surface area contributed by atoms with Gasteiger partial charge in [0.1, 0.15) is 23.8 Å². The van der Waals surface area contributed by atoms with Gasteiger partial charge in [-0.25, -0.2) is 18.7 Å². The smallest absolute Gasteiger partial charge is 0.129 e. The number of aromatic nitrogens is 2. The summed E-state index contributed by atoms with van der Waals surface area (Å²) in [7, 11) is 0. The molecule has 0 aliphatic carbocycles. The Balaban J connectivity index is 1.70. The Hall–Kier alpha value is -2.08. The summed E-state index contributed by atoms with van der Waals surface area (Å²) in [6.45, 7) is 1.57. The van der Waals surface area contributed by atoms with Crippen molar-refractivity contribution < 1.29 is 13.5 Å². The molecule has 2 heterocycles. The van der Waals surface area contributed by atoms with Crippen LogP contribution in [0, 0.1) is 11.6 Å². The summed E-state index contributed by atoms with van der Waals surface area (Å²) in [4.78, 5) is 8.34. The van der Waals surface area contributed by atoms with Crippen LogP contribution in [0.1, 0.15) is 23.6 Å². The highest BCUT2D eigenvalue weighted by Gasteiger charge is 2.19. The molecule has 1 aromatic carbocycles. The lowest BCUT2D eigenvalue weighted by atomic mass is 10.1. The molecule has 1 atom stereocenters. The summed E-state index contributed by atoms with van der Waals surface area (Å²) in [6, 6.07) is 5.22. The van der Waals surface area contributed by atoms with Crippen molar-refractivity contribution in [1.82, 2.24) is 9.97 Å². The Morgan fingerprint density at radius 1 is 1.24 bits per heavy atom. The van der Waals surface area contributed by atoms with Gasteiger partial charge >= 0.3 is 0 Å². The minimum absolute atomic E-state index is 0.168. The summed E-state index contributed by atoms with van der Waals surface area (Å²) < 4.78 is 32.0. The van der Waals surface area contributed by atoms with Crippen molar-refractivity contribution in [1.29, 1.82) is 0 Å². The van der Waals surface area contributed by atoms with Gasteiger partial charge in [0.25, 0.3) is 0 Å². The Kier molecular flexibility index (Phi) is 4.06. The minimum atomic E-state index is -0.459. The van der Waals surface area contributed by atoms with Crippen LogP contribution in [0.4, 0.5) is 14.6 Å². The number of nitrogens with one attached hydrogen (secondary N) is 1. The van der Waals surface area contributed by atoms with E-state index in [9.17, 15) is 8.78 Å². The lowest BCUT2D eigenvalue weighted by Crippen LogP contribution is -2.07. The monoisotopic (exact) mass is 291 g/mol. The molecule has 4 nitrogen and oxygen atoms in total. The van der Waals surface area contributed by atoms with Crippen molar-refractivity contribution in [2.45, 2.75) is 18.9 Å². The van der Waals surface area contributed by atoms with Gasteiger partial charge < -0.3 is 10.1 Å². The van der Waals surface area contributed by atoms with E-state index < -0.39 is 11.6 Å². The standard InChI is InChI=1S/C15H15F2N3O/c16-12-1-2-13(17)11(5-12)7-18-15-6-14(19-9-20-15)10-3-4-21-8-10/h1-2,5-6,9-10H,3-4,7-8H2,(H,18,19,20). The number of anilines is 1. The molecular weight excluding hydrogens is 276 g/mol. The van der Waals surface area contributed by atoms with Crippen molar-refractivity contribution in [3.8, 4) is 0 Å². The first-order chi connectivity index (χ1) is 10.2. The first-order valence-corrected chi connectivity index (χ1v) is 6.80. The largest absolute Gasteiger partial charge is 0.381 e. The van der Waals surface area contributed by atoms with E-state index in [0.29, 0.717) is 12.4 Å². The minimum Gasteiger partial charge on any atom is -0.381 e. The van der Waals surface area contributed by atoms with Crippen molar-refractivity contribution in [3.05, 3.63) is 53.5 Å². The fourth-order valence-electron chi connectivity index (χ4n) is 2.32. The van der Waals surface area contributed by atoms with Gasteiger partial charge in [-0.1, -0.05) is 0 Å². The molecule has 0 bridgehead atoms. The zero-order valence-electron chi connectivity index (χ0n) is 11.4. The van der Waals surface area contributed by atoms with E-state index in [1.54, 1.807) is 0 Å². The third-order valence-electron chi connectivity index (χ3n) is 3.50. The molecule has 2 aromatic rings. The predicted molar refractivity (Wildman–Crippen MR) is 73.9 cm³/mol. The molecule has 0 radical (unpaired) electrons. The molecule has 21 heavy (non-hydrogen) atoms. The Labute approximate surface area is 121 Å². The fourth-order valence-corrected chi connectivity index (χ4v) is 2.32. The molecule has 1 aliphatic heterocycles. The molecule has 0 amide bonds. The van der Waals surface area contributed by atoms with Crippen LogP contribution in [0.25, 0.3) is 0 Å². The molecule has 1 saturated heterocycles. The number of hydrogen-bond acceptors (Lipinski definition) is 4. The Bertz CT molecular complexity index is 630. The zero-order chi connectivity index (χ0) is 14.7. The van der Waals surface area contributed by atoms with Crippen molar-refractivity contribution in [2.75, 3.05) is 18.5 Å². The third-order valence-corrected chi connectivity index (χ3v) is 3.50. The molecule has 1 fully saturated rings. The molecule has 3 rings (SSSR count). The number of nitrogens with zero attached hydrogens (tertiary/aromatic N) is 2. The molecule has 1 N–H and O–H groups in total. The lowest BCUT2D eigenvalue weighted by molar-refractivity contribution is 0.193. The van der Waals surface area contributed by atoms with Crippen LogP contribution in [0.3, 0.4) is 0 Å². The van der Waals surface area contributed by atoms with Gasteiger partial charge in [-0.2, -0.15) is 0 Å². The molecule has 6 heteroatoms. The lowest BCUT2D eigenvalue weighted by Gasteiger charge is -2.10. The summed E-state index contributed by atoms with van der Waals surface area (Å²) in [5.41, 5.74) is 1.17. The molecule has 1 unspecified atom stereocenters. The second-order valence-corrected chi connectivity index (χ2v) is 4.98. The molecule has 1 aliphatic rings. The molecule has 0 saturated carbocycles. The Morgan fingerprint density at radius 3 is 2.95 bits per heavy atom. The topological polar surface area (TPSA) is 47.0 Å². The van der Waals surface area contributed by atoms with Gasteiger partial charge in [-0.05, 0) is 24.6 Å². The van der Waals surface area contributed by atoms with Gasteiger partial charge in [-0.3, -0.25) is 0 Å². The maximum Gasteiger partial charge on any atom is 0.129 e. The van der Waals surface area contributed by atoms with E-state index >= 15 is 0 Å². The van der Waals surface area contributed by atoms with Crippen molar-refractivity contribution in [2.24, 2.45) is 0 Å². The van der Waals surface area contributed by atoms with E-state index in [2.05, 4.69) is 15.3 Å². The SMILES string of the molecule is Fc1ccc(F)c(CNc2cc(C3CCOC3)ncn2)c1. The first-order valence-electron chi connectivity index (χ1n) is 6.80. The summed E-state index contributed by atoms with van der Waals surface area (Å²) in [5, 5.41) is 2.99. The van der Waals surface area contributed by atoms with Crippen LogP contribution >= 0.6 is 0 Å². The zero-order valence-corrected chi connectivity index (χ0v) is 11.4. The Morgan fingerprint density at radius 2 is 2.14 bits per heavy atom. The fraction of sp³-hybridized carbons (Fsp3) is 0.333. The molecule has 1 aromatic heterocycles. The van der Waals surface area contributed by atoms with Crippen molar-refractivity contribution >= 4 is 5.82 Å². The molecular formula is C15H15F2N3O. The van der Waals surface area contributed by atoms with Gasteiger partial charge in [-0.15, -0.1) is 0 Å². The van der Waals surface area contributed by atoms with E-state index in [0.717, 1.165) is 30.9 Å². The van der Waals surface area contributed by atoms with Gasteiger partial charge in [0.05, 0.1) is 12.3 Å². The highest BCUT2D eigenvalue weighted by Crippen LogP contribution is 2.24.